The SMILES string of the molecule is Cc1cn(C)c(=O)c(NC(=O)NC(CC(=O)O)c2cccc(Cc3ccccc3Cl)c2)c1O. The van der Waals surface area contributed by atoms with Gasteiger partial charge >= 0.3 is 12.0 Å². The number of aromatic nitrogens is 1. The molecule has 0 saturated heterocycles. The van der Waals surface area contributed by atoms with Crippen molar-refractivity contribution in [2.24, 2.45) is 7.05 Å². The van der Waals surface area contributed by atoms with Crippen molar-refractivity contribution in [3.8, 4) is 5.75 Å². The van der Waals surface area contributed by atoms with E-state index >= 15 is 0 Å². The molecule has 2 aromatic carbocycles. The maximum absolute atomic E-state index is 12.6. The molecule has 0 radical (unpaired) electrons. The van der Waals surface area contributed by atoms with Crippen LogP contribution in [0.1, 0.15) is 34.7 Å². The first-order chi connectivity index (χ1) is 15.7. The van der Waals surface area contributed by atoms with Crippen LogP contribution in [0.15, 0.2) is 59.5 Å². The van der Waals surface area contributed by atoms with Gasteiger partial charge in [0, 0.05) is 23.8 Å². The number of pyridine rings is 1. The molecule has 8 nitrogen and oxygen atoms in total. The lowest BCUT2D eigenvalue weighted by atomic mass is 9.98. The average molecular weight is 470 g/mol. The predicted molar refractivity (Wildman–Crippen MR) is 126 cm³/mol. The zero-order valence-corrected chi connectivity index (χ0v) is 18.9. The van der Waals surface area contributed by atoms with Crippen LogP contribution in [-0.2, 0) is 18.3 Å². The van der Waals surface area contributed by atoms with E-state index in [1.54, 1.807) is 31.2 Å². The lowest BCUT2D eigenvalue weighted by Crippen LogP contribution is -2.36. The van der Waals surface area contributed by atoms with Crippen molar-refractivity contribution >= 4 is 29.3 Å². The molecular formula is C24H24ClN3O5. The first-order valence-electron chi connectivity index (χ1n) is 10.2. The van der Waals surface area contributed by atoms with Gasteiger partial charge in [-0.15, -0.1) is 0 Å². The normalized spacial score (nSPS) is 11.6. The molecule has 1 atom stereocenters. The van der Waals surface area contributed by atoms with Gasteiger partial charge in [0.25, 0.3) is 5.56 Å². The Kier molecular flexibility index (Phi) is 7.40. The number of carboxylic acid groups (broad SMARTS) is 1. The first-order valence-corrected chi connectivity index (χ1v) is 10.5. The van der Waals surface area contributed by atoms with E-state index < -0.39 is 23.6 Å². The topological polar surface area (TPSA) is 121 Å². The number of aromatic hydroxyl groups is 1. The fraction of sp³-hybridized carbons (Fsp3) is 0.208. The van der Waals surface area contributed by atoms with Gasteiger partial charge < -0.3 is 25.4 Å². The summed E-state index contributed by atoms with van der Waals surface area (Å²) in [4.78, 5) is 36.4. The van der Waals surface area contributed by atoms with E-state index in [-0.39, 0.29) is 17.9 Å². The number of carbonyl (C=O) groups is 2. The zero-order valence-electron chi connectivity index (χ0n) is 18.1. The van der Waals surface area contributed by atoms with Crippen LogP contribution >= 0.6 is 11.6 Å². The van der Waals surface area contributed by atoms with Gasteiger partial charge in [0.1, 0.15) is 5.75 Å². The molecule has 9 heteroatoms. The Hall–Kier alpha value is -3.78. The number of amides is 2. The summed E-state index contributed by atoms with van der Waals surface area (Å²) < 4.78 is 1.23. The van der Waals surface area contributed by atoms with Crippen LogP contribution in [0.2, 0.25) is 5.02 Å². The summed E-state index contributed by atoms with van der Waals surface area (Å²) in [6.07, 6.45) is 1.60. The van der Waals surface area contributed by atoms with E-state index in [1.807, 2.05) is 24.3 Å². The Morgan fingerprint density at radius 1 is 1.15 bits per heavy atom. The van der Waals surface area contributed by atoms with Gasteiger partial charge in [-0.05, 0) is 36.1 Å². The summed E-state index contributed by atoms with van der Waals surface area (Å²) in [6, 6.07) is 12.9. The van der Waals surface area contributed by atoms with Crippen LogP contribution in [0.4, 0.5) is 10.5 Å². The second-order valence-corrected chi connectivity index (χ2v) is 8.12. The molecule has 1 unspecified atom stereocenters. The third-order valence-corrected chi connectivity index (χ3v) is 5.53. The molecule has 1 heterocycles. The van der Waals surface area contributed by atoms with Crippen molar-refractivity contribution in [3.63, 3.8) is 0 Å². The van der Waals surface area contributed by atoms with Crippen LogP contribution in [0.5, 0.6) is 5.75 Å². The summed E-state index contributed by atoms with van der Waals surface area (Å²) in [5.41, 5.74) is 1.92. The smallest absolute Gasteiger partial charge is 0.319 e. The monoisotopic (exact) mass is 469 g/mol. The first kappa shape index (κ1) is 23.9. The highest BCUT2D eigenvalue weighted by Gasteiger charge is 2.21. The Morgan fingerprint density at radius 2 is 1.88 bits per heavy atom. The fourth-order valence-corrected chi connectivity index (χ4v) is 3.72. The Bertz CT molecular complexity index is 1260. The number of benzene rings is 2. The van der Waals surface area contributed by atoms with Gasteiger partial charge in [-0.3, -0.25) is 9.59 Å². The number of nitrogens with one attached hydrogen (secondary N) is 2. The van der Waals surface area contributed by atoms with Crippen LogP contribution < -0.4 is 16.2 Å². The van der Waals surface area contributed by atoms with Crippen LogP contribution in [0.25, 0.3) is 0 Å². The molecule has 0 spiro atoms. The number of hydrogen-bond acceptors (Lipinski definition) is 4. The number of aryl methyl sites for hydroxylation is 2. The zero-order chi connectivity index (χ0) is 24.1. The number of halogens is 1. The predicted octanol–water partition coefficient (Wildman–Crippen LogP) is 3.98. The highest BCUT2D eigenvalue weighted by molar-refractivity contribution is 6.31. The van der Waals surface area contributed by atoms with E-state index in [1.165, 1.54) is 17.8 Å². The quantitative estimate of drug-likeness (QED) is 0.417. The number of hydrogen-bond donors (Lipinski definition) is 4. The van der Waals surface area contributed by atoms with Crippen molar-refractivity contribution < 1.29 is 19.8 Å². The van der Waals surface area contributed by atoms with Crippen LogP contribution in [-0.4, -0.2) is 26.8 Å². The lowest BCUT2D eigenvalue weighted by molar-refractivity contribution is -0.137. The number of carbonyl (C=O) groups excluding carboxylic acids is 1. The number of nitrogens with zero attached hydrogens (tertiary/aromatic N) is 1. The number of aliphatic carboxylic acids is 1. The third-order valence-electron chi connectivity index (χ3n) is 5.16. The molecule has 1 aromatic heterocycles. The summed E-state index contributed by atoms with van der Waals surface area (Å²) in [5.74, 6) is -1.45. The van der Waals surface area contributed by atoms with E-state index in [2.05, 4.69) is 10.6 Å². The third kappa shape index (κ3) is 5.93. The minimum atomic E-state index is -1.11. The largest absolute Gasteiger partial charge is 0.505 e. The minimum Gasteiger partial charge on any atom is -0.505 e. The lowest BCUT2D eigenvalue weighted by Gasteiger charge is -2.19. The molecule has 0 saturated carbocycles. The second-order valence-electron chi connectivity index (χ2n) is 7.71. The van der Waals surface area contributed by atoms with E-state index in [0.717, 1.165) is 11.1 Å². The van der Waals surface area contributed by atoms with Gasteiger partial charge in [0.2, 0.25) is 0 Å². The van der Waals surface area contributed by atoms with Crippen LogP contribution in [0, 0.1) is 6.92 Å². The molecule has 2 amide bonds. The Balaban J connectivity index is 1.84. The molecule has 33 heavy (non-hydrogen) atoms. The van der Waals surface area contributed by atoms with Crippen molar-refractivity contribution in [1.82, 2.24) is 9.88 Å². The molecule has 3 rings (SSSR count). The van der Waals surface area contributed by atoms with Gasteiger partial charge in [0.05, 0.1) is 12.5 Å². The molecule has 172 valence electrons. The standard InChI is InChI=1S/C24H24ClN3O5/c1-14-13-28(2)23(32)21(22(14)31)27-24(33)26-19(12-20(29)30)17-8-5-6-15(11-17)10-16-7-3-4-9-18(16)25/h3-9,11,13,19,31H,10,12H2,1-2H3,(H,29,30)(H2,26,27,33). The molecular weight excluding hydrogens is 446 g/mol. The molecule has 0 aliphatic heterocycles. The van der Waals surface area contributed by atoms with Gasteiger partial charge in [-0.25, -0.2) is 4.79 Å². The minimum absolute atomic E-state index is 0.281. The van der Waals surface area contributed by atoms with E-state index in [0.29, 0.717) is 22.6 Å². The van der Waals surface area contributed by atoms with E-state index in [9.17, 15) is 24.6 Å². The van der Waals surface area contributed by atoms with Crippen LogP contribution in [0.3, 0.4) is 0 Å². The number of rotatable bonds is 7. The highest BCUT2D eigenvalue weighted by atomic mass is 35.5. The van der Waals surface area contributed by atoms with Crippen molar-refractivity contribution in [2.45, 2.75) is 25.8 Å². The summed E-state index contributed by atoms with van der Waals surface area (Å²) in [6.45, 7) is 1.59. The van der Waals surface area contributed by atoms with E-state index in [4.69, 9.17) is 11.6 Å². The maximum atomic E-state index is 12.6. The van der Waals surface area contributed by atoms with Crippen molar-refractivity contribution in [3.05, 3.63) is 92.4 Å². The molecule has 0 bridgehead atoms. The maximum Gasteiger partial charge on any atom is 0.319 e. The molecule has 0 aliphatic rings. The average Bonchev–Trinajstić information content (AvgIpc) is 2.76. The highest BCUT2D eigenvalue weighted by Crippen LogP contribution is 2.25. The number of urea groups is 1. The Morgan fingerprint density at radius 3 is 2.58 bits per heavy atom. The summed E-state index contributed by atoms with van der Waals surface area (Å²) in [7, 11) is 1.50. The molecule has 0 fully saturated rings. The summed E-state index contributed by atoms with van der Waals surface area (Å²) >= 11 is 6.25. The van der Waals surface area contributed by atoms with Gasteiger partial charge in [-0.1, -0.05) is 54.1 Å². The fourth-order valence-electron chi connectivity index (χ4n) is 3.51. The molecule has 3 aromatic rings. The summed E-state index contributed by atoms with van der Waals surface area (Å²) in [5, 5.41) is 25.1. The second kappa shape index (κ2) is 10.2. The molecule has 0 aliphatic carbocycles. The molecule has 4 N–H and O–H groups in total. The number of anilines is 1. The Labute approximate surface area is 195 Å². The number of carboxylic acids is 1. The van der Waals surface area contributed by atoms with Gasteiger partial charge in [-0.2, -0.15) is 0 Å². The van der Waals surface area contributed by atoms with Crippen molar-refractivity contribution in [1.29, 1.82) is 0 Å². The van der Waals surface area contributed by atoms with Gasteiger partial charge in [0.15, 0.2) is 5.69 Å². The van der Waals surface area contributed by atoms with Crippen molar-refractivity contribution in [2.75, 3.05) is 5.32 Å².